The highest BCUT2D eigenvalue weighted by Crippen LogP contribution is 2.12. The van der Waals surface area contributed by atoms with Gasteiger partial charge in [0.05, 0.1) is 0 Å². The van der Waals surface area contributed by atoms with Gasteiger partial charge in [-0.05, 0) is 5.92 Å². The SMILES string of the molecule is CC(C)C(Cl)Cl.Cl. The Morgan fingerprint density at radius 3 is 1.29 bits per heavy atom. The van der Waals surface area contributed by atoms with Gasteiger partial charge in [0.2, 0.25) is 0 Å². The molecule has 0 nitrogen and oxygen atoms in total. The van der Waals surface area contributed by atoms with Crippen LogP contribution in [0.4, 0.5) is 0 Å². The molecule has 0 spiro atoms. The molecule has 0 fully saturated rings. The summed E-state index contributed by atoms with van der Waals surface area (Å²) in [7, 11) is 0. The fraction of sp³-hybridized carbons (Fsp3) is 1.00. The van der Waals surface area contributed by atoms with E-state index in [1.807, 2.05) is 13.8 Å². The van der Waals surface area contributed by atoms with Crippen molar-refractivity contribution in [3.8, 4) is 0 Å². The van der Waals surface area contributed by atoms with Crippen LogP contribution in [0.3, 0.4) is 0 Å². The number of hydrogen-bond donors (Lipinski definition) is 0. The van der Waals surface area contributed by atoms with Gasteiger partial charge in [-0.25, -0.2) is 0 Å². The summed E-state index contributed by atoms with van der Waals surface area (Å²) < 4.78 is 0. The highest BCUT2D eigenvalue weighted by Gasteiger charge is 2.01. The quantitative estimate of drug-likeness (QED) is 0.522. The van der Waals surface area contributed by atoms with Crippen LogP contribution in [0.25, 0.3) is 0 Å². The van der Waals surface area contributed by atoms with Crippen molar-refractivity contribution in [3.63, 3.8) is 0 Å². The van der Waals surface area contributed by atoms with Crippen molar-refractivity contribution in [1.29, 1.82) is 0 Å². The Morgan fingerprint density at radius 1 is 1.14 bits per heavy atom. The van der Waals surface area contributed by atoms with Crippen LogP contribution < -0.4 is 0 Å². The highest BCUT2D eigenvalue weighted by molar-refractivity contribution is 6.44. The fourth-order valence-corrected chi connectivity index (χ4v) is 0. The zero-order valence-electron chi connectivity index (χ0n) is 4.32. The Bertz CT molecular complexity index is 27.9. The summed E-state index contributed by atoms with van der Waals surface area (Å²) in [5, 5.41) is 0. The number of halogens is 3. The Kier molecular flexibility index (Phi) is 7.72. The van der Waals surface area contributed by atoms with Crippen LogP contribution in [-0.2, 0) is 0 Å². The maximum absolute atomic E-state index is 5.38. The summed E-state index contributed by atoms with van der Waals surface area (Å²) in [6.45, 7) is 3.95. The van der Waals surface area contributed by atoms with Crippen molar-refractivity contribution in [2.75, 3.05) is 0 Å². The molecule has 0 aliphatic carbocycles. The minimum absolute atomic E-state index is 0. The highest BCUT2D eigenvalue weighted by atomic mass is 35.5. The lowest BCUT2D eigenvalue weighted by Gasteiger charge is -2.00. The fourth-order valence-electron chi connectivity index (χ4n) is 0. The molecule has 0 aliphatic heterocycles. The lowest BCUT2D eigenvalue weighted by Crippen LogP contribution is -1.96. The number of rotatable bonds is 1. The lowest BCUT2D eigenvalue weighted by molar-refractivity contribution is 0.708. The van der Waals surface area contributed by atoms with E-state index in [0.29, 0.717) is 5.92 Å². The second-order valence-electron chi connectivity index (χ2n) is 1.58. The van der Waals surface area contributed by atoms with E-state index in [2.05, 4.69) is 0 Å². The molecule has 0 aromatic carbocycles. The molecule has 0 atom stereocenters. The van der Waals surface area contributed by atoms with E-state index >= 15 is 0 Å². The average molecular weight is 163 g/mol. The van der Waals surface area contributed by atoms with E-state index < -0.39 is 0 Å². The van der Waals surface area contributed by atoms with Crippen molar-refractivity contribution < 1.29 is 0 Å². The van der Waals surface area contributed by atoms with Crippen molar-refractivity contribution in [2.45, 2.75) is 18.7 Å². The Balaban J connectivity index is 0. The monoisotopic (exact) mass is 162 g/mol. The van der Waals surface area contributed by atoms with Gasteiger partial charge < -0.3 is 0 Å². The summed E-state index contributed by atoms with van der Waals surface area (Å²) in [6.07, 6.45) is 0. The van der Waals surface area contributed by atoms with Crippen LogP contribution in [-0.4, -0.2) is 4.84 Å². The first kappa shape index (κ1) is 10.8. The van der Waals surface area contributed by atoms with E-state index in [-0.39, 0.29) is 17.2 Å². The van der Waals surface area contributed by atoms with Crippen LogP contribution in [0.15, 0.2) is 0 Å². The Hall–Kier alpha value is 0.870. The Labute approximate surface area is 60.6 Å². The molecule has 0 aromatic heterocycles. The summed E-state index contributed by atoms with van der Waals surface area (Å²) in [4.78, 5) is -0.204. The maximum Gasteiger partial charge on any atom is 0.110 e. The first-order chi connectivity index (χ1) is 2.64. The molecule has 0 saturated carbocycles. The zero-order valence-corrected chi connectivity index (χ0v) is 6.65. The second-order valence-corrected chi connectivity index (χ2v) is 2.74. The first-order valence-electron chi connectivity index (χ1n) is 1.92. The number of hydrogen-bond acceptors (Lipinski definition) is 0. The third-order valence-electron chi connectivity index (χ3n) is 0.504. The molecule has 7 heavy (non-hydrogen) atoms. The molecule has 0 rings (SSSR count). The molecule has 46 valence electrons. The minimum atomic E-state index is -0.204. The predicted octanol–water partition coefficient (Wildman–Crippen LogP) is 2.87. The van der Waals surface area contributed by atoms with E-state index in [1.54, 1.807) is 0 Å². The van der Waals surface area contributed by atoms with Crippen molar-refractivity contribution in [3.05, 3.63) is 0 Å². The van der Waals surface area contributed by atoms with Gasteiger partial charge in [0.25, 0.3) is 0 Å². The maximum atomic E-state index is 5.38. The van der Waals surface area contributed by atoms with Crippen LogP contribution in [0, 0.1) is 5.92 Å². The smallest absolute Gasteiger partial charge is 0.110 e. The van der Waals surface area contributed by atoms with Gasteiger partial charge in [-0.2, -0.15) is 0 Å². The average Bonchev–Trinajstić information content (AvgIpc) is 1.36. The molecular weight excluding hydrogens is 154 g/mol. The van der Waals surface area contributed by atoms with E-state index in [0.717, 1.165) is 0 Å². The molecule has 0 heterocycles. The lowest BCUT2D eigenvalue weighted by atomic mass is 10.3. The third-order valence-corrected chi connectivity index (χ3v) is 1.51. The molecular formula is C4H9Cl3. The third kappa shape index (κ3) is 6.87. The topological polar surface area (TPSA) is 0 Å². The Morgan fingerprint density at radius 2 is 1.29 bits per heavy atom. The molecule has 0 N–H and O–H groups in total. The predicted molar refractivity (Wildman–Crippen MR) is 37.6 cm³/mol. The van der Waals surface area contributed by atoms with Crippen molar-refractivity contribution >= 4 is 35.6 Å². The van der Waals surface area contributed by atoms with Crippen LogP contribution in [0.5, 0.6) is 0 Å². The van der Waals surface area contributed by atoms with E-state index in [4.69, 9.17) is 23.2 Å². The van der Waals surface area contributed by atoms with Crippen LogP contribution >= 0.6 is 35.6 Å². The summed E-state index contributed by atoms with van der Waals surface area (Å²) >= 11 is 10.8. The minimum Gasteiger partial charge on any atom is -0.147 e. The molecule has 0 unspecified atom stereocenters. The van der Waals surface area contributed by atoms with Crippen molar-refractivity contribution in [1.82, 2.24) is 0 Å². The molecule has 3 heteroatoms. The van der Waals surface area contributed by atoms with E-state index in [1.165, 1.54) is 0 Å². The van der Waals surface area contributed by atoms with Gasteiger partial charge in [0, 0.05) is 0 Å². The largest absolute Gasteiger partial charge is 0.147 e. The van der Waals surface area contributed by atoms with Gasteiger partial charge in [-0.15, -0.1) is 35.6 Å². The zero-order chi connectivity index (χ0) is 5.15. The summed E-state index contributed by atoms with van der Waals surface area (Å²) in [5.74, 6) is 0.383. The molecule has 0 radical (unpaired) electrons. The molecule has 0 amide bonds. The molecule has 0 aliphatic rings. The molecule has 0 saturated heterocycles. The first-order valence-corrected chi connectivity index (χ1v) is 2.80. The number of alkyl halides is 2. The van der Waals surface area contributed by atoms with Gasteiger partial charge in [-0.3, -0.25) is 0 Å². The standard InChI is InChI=1S/C4H8Cl2.ClH/c1-3(2)4(5)6;/h3-4H,1-2H3;1H. The summed E-state index contributed by atoms with van der Waals surface area (Å²) in [6, 6.07) is 0. The van der Waals surface area contributed by atoms with E-state index in [9.17, 15) is 0 Å². The van der Waals surface area contributed by atoms with Gasteiger partial charge >= 0.3 is 0 Å². The van der Waals surface area contributed by atoms with Gasteiger partial charge in [0.15, 0.2) is 0 Å². The van der Waals surface area contributed by atoms with Gasteiger partial charge in [0.1, 0.15) is 4.84 Å². The normalized spacial score (nSPS) is 9.43. The van der Waals surface area contributed by atoms with Gasteiger partial charge in [-0.1, -0.05) is 13.8 Å². The molecule has 0 bridgehead atoms. The van der Waals surface area contributed by atoms with Crippen molar-refractivity contribution in [2.24, 2.45) is 5.92 Å². The second kappa shape index (κ2) is 5.02. The van der Waals surface area contributed by atoms with Crippen LogP contribution in [0.1, 0.15) is 13.8 Å². The molecule has 0 aromatic rings. The van der Waals surface area contributed by atoms with Crippen LogP contribution in [0.2, 0.25) is 0 Å². The summed E-state index contributed by atoms with van der Waals surface area (Å²) in [5.41, 5.74) is 0.